The lowest BCUT2D eigenvalue weighted by atomic mass is 10.2. The van der Waals surface area contributed by atoms with Crippen molar-refractivity contribution in [2.45, 2.75) is 19.4 Å². The van der Waals surface area contributed by atoms with Gasteiger partial charge in [-0.1, -0.05) is 15.9 Å². The second kappa shape index (κ2) is 6.61. The zero-order chi connectivity index (χ0) is 12.8. The van der Waals surface area contributed by atoms with Gasteiger partial charge < -0.3 is 5.32 Å². The van der Waals surface area contributed by atoms with E-state index in [0.29, 0.717) is 12.1 Å². The molecule has 0 spiro atoms. The van der Waals surface area contributed by atoms with E-state index in [4.69, 9.17) is 0 Å². The molecule has 0 aliphatic carbocycles. The van der Waals surface area contributed by atoms with Crippen molar-refractivity contribution < 1.29 is 4.39 Å². The zero-order valence-corrected chi connectivity index (χ0v) is 11.4. The molecule has 0 saturated heterocycles. The van der Waals surface area contributed by atoms with Crippen molar-refractivity contribution >= 4 is 15.9 Å². The van der Waals surface area contributed by atoms with E-state index in [0.717, 1.165) is 29.7 Å². The molecular weight excluding hydrogens is 299 g/mol. The van der Waals surface area contributed by atoms with Crippen LogP contribution in [0.4, 0.5) is 4.39 Å². The molecular formula is C12H14BrFN4. The van der Waals surface area contributed by atoms with Gasteiger partial charge in [0, 0.05) is 23.0 Å². The standard InChI is InChI=1S/C12H14BrFN4/c13-10-3-4-11(14)9(6-10)7-15-5-1-2-12-16-8-17-18-12/h3-4,6,8,15H,1-2,5,7H2,(H,16,17,18). The number of nitrogens with zero attached hydrogens (tertiary/aromatic N) is 2. The summed E-state index contributed by atoms with van der Waals surface area (Å²) in [6, 6.07) is 4.96. The Morgan fingerprint density at radius 1 is 1.39 bits per heavy atom. The van der Waals surface area contributed by atoms with Crippen LogP contribution in [0.3, 0.4) is 0 Å². The quantitative estimate of drug-likeness (QED) is 0.805. The molecule has 2 aromatic rings. The SMILES string of the molecule is Fc1ccc(Br)cc1CNCCCc1ncn[nH]1. The van der Waals surface area contributed by atoms with Gasteiger partial charge in [-0.3, -0.25) is 5.10 Å². The van der Waals surface area contributed by atoms with Crippen molar-refractivity contribution in [3.63, 3.8) is 0 Å². The van der Waals surface area contributed by atoms with Crippen LogP contribution in [0.2, 0.25) is 0 Å². The first-order valence-electron chi connectivity index (χ1n) is 5.74. The number of nitrogens with one attached hydrogen (secondary N) is 2. The Balaban J connectivity index is 1.70. The van der Waals surface area contributed by atoms with Gasteiger partial charge in [0.05, 0.1) is 0 Å². The number of hydrogen-bond acceptors (Lipinski definition) is 3. The topological polar surface area (TPSA) is 53.6 Å². The first-order valence-corrected chi connectivity index (χ1v) is 6.54. The van der Waals surface area contributed by atoms with E-state index < -0.39 is 0 Å². The number of H-pyrrole nitrogens is 1. The Kier molecular flexibility index (Phi) is 4.83. The maximum atomic E-state index is 13.4. The van der Waals surface area contributed by atoms with Gasteiger partial charge in [-0.05, 0) is 31.2 Å². The number of aromatic nitrogens is 3. The molecule has 0 aliphatic heterocycles. The summed E-state index contributed by atoms with van der Waals surface area (Å²) in [4.78, 5) is 4.04. The second-order valence-corrected chi connectivity index (χ2v) is 4.86. The third-order valence-corrected chi connectivity index (χ3v) is 3.05. The summed E-state index contributed by atoms with van der Waals surface area (Å²) in [7, 11) is 0. The molecule has 0 unspecified atom stereocenters. The van der Waals surface area contributed by atoms with Crippen LogP contribution in [0.15, 0.2) is 29.0 Å². The fraction of sp³-hybridized carbons (Fsp3) is 0.333. The third-order valence-electron chi connectivity index (χ3n) is 2.56. The molecule has 2 N–H and O–H groups in total. The molecule has 6 heteroatoms. The minimum absolute atomic E-state index is 0.180. The molecule has 2 rings (SSSR count). The Morgan fingerprint density at radius 2 is 2.28 bits per heavy atom. The van der Waals surface area contributed by atoms with Gasteiger partial charge >= 0.3 is 0 Å². The smallest absolute Gasteiger partial charge is 0.137 e. The van der Waals surface area contributed by atoms with Crippen molar-refractivity contribution in [2.75, 3.05) is 6.54 Å². The predicted molar refractivity (Wildman–Crippen MR) is 70.5 cm³/mol. The van der Waals surface area contributed by atoms with E-state index in [1.807, 2.05) is 0 Å². The minimum Gasteiger partial charge on any atom is -0.313 e. The molecule has 0 saturated carbocycles. The van der Waals surface area contributed by atoms with Crippen LogP contribution >= 0.6 is 15.9 Å². The first-order chi connectivity index (χ1) is 8.75. The van der Waals surface area contributed by atoms with Crippen molar-refractivity contribution in [1.82, 2.24) is 20.5 Å². The summed E-state index contributed by atoms with van der Waals surface area (Å²) in [5.41, 5.74) is 0.670. The molecule has 1 aromatic carbocycles. The molecule has 0 fully saturated rings. The second-order valence-electron chi connectivity index (χ2n) is 3.95. The van der Waals surface area contributed by atoms with Gasteiger partial charge in [-0.25, -0.2) is 9.37 Å². The van der Waals surface area contributed by atoms with Crippen LogP contribution in [0.1, 0.15) is 17.8 Å². The van der Waals surface area contributed by atoms with Crippen molar-refractivity contribution in [2.24, 2.45) is 0 Å². The molecule has 18 heavy (non-hydrogen) atoms. The highest BCUT2D eigenvalue weighted by Gasteiger charge is 2.02. The summed E-state index contributed by atoms with van der Waals surface area (Å²) in [5, 5.41) is 9.80. The zero-order valence-electron chi connectivity index (χ0n) is 9.79. The molecule has 1 aromatic heterocycles. The van der Waals surface area contributed by atoms with Crippen LogP contribution < -0.4 is 5.32 Å². The summed E-state index contributed by atoms with van der Waals surface area (Å²) in [6.07, 6.45) is 3.28. The Bertz CT molecular complexity index is 487. The van der Waals surface area contributed by atoms with Crippen LogP contribution in [0, 0.1) is 5.82 Å². The van der Waals surface area contributed by atoms with E-state index in [2.05, 4.69) is 36.4 Å². The highest BCUT2D eigenvalue weighted by atomic mass is 79.9. The molecule has 0 aliphatic rings. The van der Waals surface area contributed by atoms with Gasteiger partial charge in [-0.2, -0.15) is 5.10 Å². The maximum absolute atomic E-state index is 13.4. The summed E-state index contributed by atoms with van der Waals surface area (Å²) in [5.74, 6) is 0.700. The number of aryl methyl sites for hydroxylation is 1. The predicted octanol–water partition coefficient (Wildman–Crippen LogP) is 2.43. The highest BCUT2D eigenvalue weighted by molar-refractivity contribution is 9.10. The van der Waals surface area contributed by atoms with E-state index in [-0.39, 0.29) is 5.82 Å². The van der Waals surface area contributed by atoms with Crippen LogP contribution in [0.25, 0.3) is 0 Å². The number of rotatable bonds is 6. The van der Waals surface area contributed by atoms with Crippen LogP contribution in [-0.2, 0) is 13.0 Å². The van der Waals surface area contributed by atoms with Crippen molar-refractivity contribution in [3.05, 3.63) is 46.2 Å². The van der Waals surface area contributed by atoms with Gasteiger partial charge in [0.1, 0.15) is 18.0 Å². The Labute approximate surface area is 113 Å². The van der Waals surface area contributed by atoms with Gasteiger partial charge in [0.15, 0.2) is 0 Å². The van der Waals surface area contributed by atoms with Gasteiger partial charge in [-0.15, -0.1) is 0 Å². The first kappa shape index (κ1) is 13.2. The number of aromatic amines is 1. The van der Waals surface area contributed by atoms with E-state index >= 15 is 0 Å². The van der Waals surface area contributed by atoms with E-state index in [1.54, 1.807) is 12.1 Å². The maximum Gasteiger partial charge on any atom is 0.137 e. The van der Waals surface area contributed by atoms with Gasteiger partial charge in [0.2, 0.25) is 0 Å². The fourth-order valence-corrected chi connectivity index (χ4v) is 2.04. The Hall–Kier alpha value is -1.27. The summed E-state index contributed by atoms with van der Waals surface area (Å²) >= 11 is 3.33. The van der Waals surface area contributed by atoms with Crippen molar-refractivity contribution in [3.8, 4) is 0 Å². The molecule has 96 valence electrons. The van der Waals surface area contributed by atoms with Gasteiger partial charge in [0.25, 0.3) is 0 Å². The number of benzene rings is 1. The third kappa shape index (κ3) is 3.89. The molecule has 0 radical (unpaired) electrons. The van der Waals surface area contributed by atoms with Crippen molar-refractivity contribution in [1.29, 1.82) is 0 Å². The lowest BCUT2D eigenvalue weighted by molar-refractivity contribution is 0.579. The van der Waals surface area contributed by atoms with Crippen LogP contribution in [-0.4, -0.2) is 21.7 Å². The van der Waals surface area contributed by atoms with E-state index in [1.165, 1.54) is 12.4 Å². The summed E-state index contributed by atoms with van der Waals surface area (Å²) in [6.45, 7) is 1.34. The monoisotopic (exact) mass is 312 g/mol. The normalized spacial score (nSPS) is 10.8. The number of hydrogen-bond donors (Lipinski definition) is 2. The Morgan fingerprint density at radius 3 is 3.06 bits per heavy atom. The number of halogens is 2. The lowest BCUT2D eigenvalue weighted by Gasteiger charge is -2.06. The average molecular weight is 313 g/mol. The molecule has 4 nitrogen and oxygen atoms in total. The van der Waals surface area contributed by atoms with E-state index in [9.17, 15) is 4.39 Å². The molecule has 0 atom stereocenters. The molecule has 0 bridgehead atoms. The molecule has 1 heterocycles. The molecule has 0 amide bonds. The highest BCUT2D eigenvalue weighted by Crippen LogP contribution is 2.15. The summed E-state index contributed by atoms with van der Waals surface area (Å²) < 4.78 is 14.3. The average Bonchev–Trinajstić information content (AvgIpc) is 2.86. The lowest BCUT2D eigenvalue weighted by Crippen LogP contribution is -2.16. The van der Waals surface area contributed by atoms with Crippen LogP contribution in [0.5, 0.6) is 0 Å². The fourth-order valence-electron chi connectivity index (χ4n) is 1.63. The largest absolute Gasteiger partial charge is 0.313 e. The minimum atomic E-state index is -0.180.